The predicted molar refractivity (Wildman–Crippen MR) is 98.5 cm³/mol. The summed E-state index contributed by atoms with van der Waals surface area (Å²) in [5.41, 5.74) is 8.81. The number of benzene rings is 1. The van der Waals surface area contributed by atoms with Gasteiger partial charge < -0.3 is 20.4 Å². The largest absolute Gasteiger partial charge is 0.472 e. The molecule has 4 rings (SSSR count). The molecule has 0 spiro atoms. The van der Waals surface area contributed by atoms with Gasteiger partial charge in [0.25, 0.3) is 0 Å². The van der Waals surface area contributed by atoms with Gasteiger partial charge in [0.2, 0.25) is 5.79 Å². The van der Waals surface area contributed by atoms with Gasteiger partial charge in [-0.15, -0.1) is 0 Å². The van der Waals surface area contributed by atoms with E-state index in [1.807, 2.05) is 12.3 Å². The van der Waals surface area contributed by atoms with Crippen LogP contribution in [-0.4, -0.2) is 25.0 Å². The zero-order valence-corrected chi connectivity index (χ0v) is 14.3. The lowest BCUT2D eigenvalue weighted by Crippen LogP contribution is -2.52. The summed E-state index contributed by atoms with van der Waals surface area (Å²) in [5.74, 6) is -0.893. The molecule has 5 N–H and O–H groups in total. The van der Waals surface area contributed by atoms with E-state index in [9.17, 15) is 4.39 Å². The highest BCUT2D eigenvalue weighted by atomic mass is 19.1. The van der Waals surface area contributed by atoms with Crippen LogP contribution in [0.3, 0.4) is 0 Å². The van der Waals surface area contributed by atoms with Crippen LogP contribution in [0.1, 0.15) is 24.0 Å². The quantitative estimate of drug-likeness (QED) is 0.675. The number of halogens is 1. The average Bonchev–Trinajstić information content (AvgIpc) is 3.17. The molecule has 0 aliphatic carbocycles. The number of hydrogen-bond acceptors (Lipinski definition) is 6. The van der Waals surface area contributed by atoms with Gasteiger partial charge in [0.05, 0.1) is 12.5 Å². The zero-order chi connectivity index (χ0) is 18.0. The minimum Gasteiger partial charge on any atom is -0.472 e. The maximum Gasteiger partial charge on any atom is 0.211 e. The third kappa shape index (κ3) is 3.36. The van der Waals surface area contributed by atoms with E-state index in [1.165, 1.54) is 12.1 Å². The Labute approximate surface area is 151 Å². The first-order valence-electron chi connectivity index (χ1n) is 8.77. The van der Waals surface area contributed by atoms with Gasteiger partial charge in [0.15, 0.2) is 0 Å². The second-order valence-corrected chi connectivity index (χ2v) is 6.62. The Morgan fingerprint density at radius 1 is 1.27 bits per heavy atom. The lowest BCUT2D eigenvalue weighted by atomic mass is 10.0. The monoisotopic (exact) mass is 355 g/mol. The molecular formula is C19H22FN5O. The maximum absolute atomic E-state index is 13.7. The lowest BCUT2D eigenvalue weighted by Gasteiger charge is -2.34. The minimum atomic E-state index is -1.23. The Morgan fingerprint density at radius 3 is 2.85 bits per heavy atom. The van der Waals surface area contributed by atoms with Gasteiger partial charge in [-0.2, -0.15) is 0 Å². The van der Waals surface area contributed by atoms with E-state index in [4.69, 9.17) is 15.1 Å². The van der Waals surface area contributed by atoms with E-state index in [1.54, 1.807) is 24.7 Å². The number of furan rings is 1. The number of aliphatic imine (C=N–C) groups is 1. The standard InChI is InChI=1S/C19H22FN5O/c20-15-3-1-2-14(10-15)19(21)23-11-17(13-6-9-26-12-13)18(25-19)24-16-4-7-22-8-5-16/h1-3,6,9-12,16,22-23H,4-5,7-8,21H2,(H,24,25). The molecule has 0 saturated carbocycles. The Morgan fingerprint density at radius 2 is 2.12 bits per heavy atom. The summed E-state index contributed by atoms with van der Waals surface area (Å²) in [6.45, 7) is 1.93. The van der Waals surface area contributed by atoms with Crippen LogP contribution in [0.2, 0.25) is 0 Å². The third-order valence-electron chi connectivity index (χ3n) is 4.76. The molecule has 2 aliphatic rings. The number of hydrogen-bond donors (Lipinski definition) is 4. The predicted octanol–water partition coefficient (Wildman–Crippen LogP) is 1.87. The molecule has 1 saturated heterocycles. The molecule has 2 aliphatic heterocycles. The van der Waals surface area contributed by atoms with Gasteiger partial charge in [-0.25, -0.2) is 9.38 Å². The summed E-state index contributed by atoms with van der Waals surface area (Å²) in [4.78, 5) is 4.73. The molecule has 1 aromatic heterocycles. The molecule has 6 nitrogen and oxygen atoms in total. The van der Waals surface area contributed by atoms with Crippen LogP contribution in [-0.2, 0) is 5.79 Å². The lowest BCUT2D eigenvalue weighted by molar-refractivity contribution is 0.396. The Kier molecular flexibility index (Phi) is 4.48. The van der Waals surface area contributed by atoms with E-state index in [-0.39, 0.29) is 5.82 Å². The molecule has 0 bridgehead atoms. The number of piperidine rings is 1. The molecule has 0 radical (unpaired) electrons. The number of nitrogens with one attached hydrogen (secondary N) is 3. The smallest absolute Gasteiger partial charge is 0.211 e. The van der Waals surface area contributed by atoms with Crippen molar-refractivity contribution in [3.63, 3.8) is 0 Å². The van der Waals surface area contributed by atoms with E-state index in [0.717, 1.165) is 37.1 Å². The first kappa shape index (κ1) is 16.8. The first-order chi connectivity index (χ1) is 12.6. The fraction of sp³-hybridized carbons (Fsp3) is 0.316. The average molecular weight is 355 g/mol. The summed E-state index contributed by atoms with van der Waals surface area (Å²) in [7, 11) is 0. The van der Waals surface area contributed by atoms with Gasteiger partial charge in [0, 0.05) is 28.9 Å². The normalized spacial score (nSPS) is 23.8. The van der Waals surface area contributed by atoms with Gasteiger partial charge in [-0.1, -0.05) is 12.1 Å². The minimum absolute atomic E-state index is 0.306. The van der Waals surface area contributed by atoms with Crippen molar-refractivity contribution in [3.8, 4) is 0 Å². The fourth-order valence-corrected chi connectivity index (χ4v) is 3.30. The molecule has 136 valence electrons. The van der Waals surface area contributed by atoms with Crippen molar-refractivity contribution in [1.82, 2.24) is 16.0 Å². The van der Waals surface area contributed by atoms with Crippen molar-refractivity contribution in [2.75, 3.05) is 13.1 Å². The van der Waals surface area contributed by atoms with Crippen molar-refractivity contribution in [3.05, 3.63) is 66.0 Å². The molecule has 0 amide bonds. The fourth-order valence-electron chi connectivity index (χ4n) is 3.30. The highest BCUT2D eigenvalue weighted by molar-refractivity contribution is 6.23. The van der Waals surface area contributed by atoms with Crippen molar-refractivity contribution in [2.45, 2.75) is 24.7 Å². The molecule has 2 aromatic rings. The van der Waals surface area contributed by atoms with Crippen LogP contribution in [0.4, 0.5) is 4.39 Å². The van der Waals surface area contributed by atoms with Crippen LogP contribution >= 0.6 is 0 Å². The second kappa shape index (κ2) is 6.93. The first-order valence-corrected chi connectivity index (χ1v) is 8.77. The van der Waals surface area contributed by atoms with Crippen molar-refractivity contribution < 1.29 is 8.81 Å². The molecule has 7 heteroatoms. The SMILES string of the molecule is NC1(c2cccc(F)c2)N=C(NC2CCNCC2)C(c2ccoc2)=CN1. The molecule has 1 fully saturated rings. The van der Waals surface area contributed by atoms with Crippen LogP contribution in [0, 0.1) is 5.82 Å². The Hall–Kier alpha value is -2.64. The highest BCUT2D eigenvalue weighted by Gasteiger charge is 2.32. The van der Waals surface area contributed by atoms with Crippen molar-refractivity contribution in [1.29, 1.82) is 0 Å². The highest BCUT2D eigenvalue weighted by Crippen LogP contribution is 2.27. The maximum atomic E-state index is 13.7. The van der Waals surface area contributed by atoms with Crippen molar-refractivity contribution in [2.24, 2.45) is 10.7 Å². The molecular weight excluding hydrogens is 333 g/mol. The van der Waals surface area contributed by atoms with E-state index >= 15 is 0 Å². The Balaban J connectivity index is 1.68. The van der Waals surface area contributed by atoms with Gasteiger partial charge in [-0.3, -0.25) is 5.73 Å². The topological polar surface area (TPSA) is 87.6 Å². The van der Waals surface area contributed by atoms with E-state index in [2.05, 4.69) is 16.0 Å². The molecule has 1 aromatic carbocycles. The number of rotatable bonds is 3. The van der Waals surface area contributed by atoms with Crippen LogP contribution in [0.25, 0.3) is 5.57 Å². The van der Waals surface area contributed by atoms with Gasteiger partial charge in [-0.05, 0) is 44.1 Å². The number of nitrogens with two attached hydrogens (primary N) is 1. The van der Waals surface area contributed by atoms with E-state index < -0.39 is 5.79 Å². The summed E-state index contributed by atoms with van der Waals surface area (Å²) in [6, 6.07) is 8.36. The van der Waals surface area contributed by atoms with Crippen LogP contribution < -0.4 is 21.7 Å². The van der Waals surface area contributed by atoms with Crippen LogP contribution in [0.15, 0.2) is 58.5 Å². The number of nitrogens with zero attached hydrogens (tertiary/aromatic N) is 1. The van der Waals surface area contributed by atoms with Gasteiger partial charge >= 0.3 is 0 Å². The molecule has 3 heterocycles. The van der Waals surface area contributed by atoms with Gasteiger partial charge in [0.1, 0.15) is 11.7 Å². The third-order valence-corrected chi connectivity index (χ3v) is 4.76. The molecule has 26 heavy (non-hydrogen) atoms. The molecule has 1 atom stereocenters. The second-order valence-electron chi connectivity index (χ2n) is 6.62. The Bertz CT molecular complexity index is 826. The summed E-state index contributed by atoms with van der Waals surface area (Å²) < 4.78 is 18.9. The number of amidine groups is 1. The van der Waals surface area contributed by atoms with Crippen molar-refractivity contribution >= 4 is 11.4 Å². The summed E-state index contributed by atoms with van der Waals surface area (Å²) in [5, 5.41) is 9.99. The van der Waals surface area contributed by atoms with E-state index in [0.29, 0.717) is 17.4 Å². The summed E-state index contributed by atoms with van der Waals surface area (Å²) in [6.07, 6.45) is 7.10. The molecule has 1 unspecified atom stereocenters. The summed E-state index contributed by atoms with van der Waals surface area (Å²) >= 11 is 0. The van der Waals surface area contributed by atoms with Crippen LogP contribution in [0.5, 0.6) is 0 Å². The zero-order valence-electron chi connectivity index (χ0n) is 14.3.